The molecule has 0 fully saturated rings. The van der Waals surface area contributed by atoms with Crippen molar-refractivity contribution in [2.24, 2.45) is 0 Å². The Balaban J connectivity index is 2.07. The van der Waals surface area contributed by atoms with Crippen molar-refractivity contribution in [2.75, 3.05) is 0 Å². The monoisotopic (exact) mass is 291 g/mol. The fourth-order valence-electron chi connectivity index (χ4n) is 2.32. The molecule has 108 valence electrons. The Morgan fingerprint density at radius 1 is 1.00 bits per heavy atom. The second-order valence-electron chi connectivity index (χ2n) is 4.83. The van der Waals surface area contributed by atoms with Gasteiger partial charge in [-0.3, -0.25) is 14.6 Å². The van der Waals surface area contributed by atoms with E-state index in [1.807, 2.05) is 6.07 Å². The standard InChI is InChI=1S/C18H13NO3/c1-12(20)22-14-8-9-15-13(11-14)5-4-6-16(15)18(21)17-7-2-3-10-19-17/h2-11H,1H3. The topological polar surface area (TPSA) is 56.3 Å². The Kier molecular flexibility index (Phi) is 3.66. The Labute approximate surface area is 127 Å². The summed E-state index contributed by atoms with van der Waals surface area (Å²) in [6.45, 7) is 1.35. The molecule has 0 saturated carbocycles. The average Bonchev–Trinajstić information content (AvgIpc) is 2.53. The third-order valence-corrected chi connectivity index (χ3v) is 3.26. The second kappa shape index (κ2) is 5.77. The summed E-state index contributed by atoms with van der Waals surface area (Å²) in [5.74, 6) is -0.0473. The highest BCUT2D eigenvalue weighted by molar-refractivity contribution is 6.15. The molecule has 0 N–H and O–H groups in total. The predicted octanol–water partition coefficient (Wildman–Crippen LogP) is 3.39. The molecule has 0 saturated heterocycles. The molecule has 22 heavy (non-hydrogen) atoms. The molecule has 3 aromatic rings. The molecular formula is C18H13NO3. The first kappa shape index (κ1) is 13.9. The Bertz CT molecular complexity index is 857. The van der Waals surface area contributed by atoms with Gasteiger partial charge in [0.15, 0.2) is 0 Å². The van der Waals surface area contributed by atoms with E-state index >= 15 is 0 Å². The van der Waals surface area contributed by atoms with E-state index in [1.54, 1.807) is 54.7 Å². The highest BCUT2D eigenvalue weighted by atomic mass is 16.5. The Morgan fingerprint density at radius 3 is 2.59 bits per heavy atom. The van der Waals surface area contributed by atoms with Crippen molar-refractivity contribution < 1.29 is 14.3 Å². The minimum Gasteiger partial charge on any atom is -0.427 e. The Hall–Kier alpha value is -3.01. The second-order valence-corrected chi connectivity index (χ2v) is 4.83. The van der Waals surface area contributed by atoms with Crippen molar-refractivity contribution in [3.63, 3.8) is 0 Å². The highest BCUT2D eigenvalue weighted by Gasteiger charge is 2.13. The smallest absolute Gasteiger partial charge is 0.308 e. The summed E-state index contributed by atoms with van der Waals surface area (Å²) in [6, 6.07) is 15.9. The van der Waals surface area contributed by atoms with Gasteiger partial charge in [-0.05, 0) is 41.1 Å². The molecule has 0 aliphatic heterocycles. The largest absolute Gasteiger partial charge is 0.427 e. The molecule has 1 heterocycles. The molecule has 0 unspecified atom stereocenters. The van der Waals surface area contributed by atoms with Gasteiger partial charge in [0.05, 0.1) is 0 Å². The van der Waals surface area contributed by atoms with Crippen molar-refractivity contribution in [3.05, 3.63) is 72.1 Å². The van der Waals surface area contributed by atoms with Gasteiger partial charge in [-0.15, -0.1) is 0 Å². The molecule has 0 aliphatic carbocycles. The maximum Gasteiger partial charge on any atom is 0.308 e. The summed E-state index contributed by atoms with van der Waals surface area (Å²) >= 11 is 0. The fraction of sp³-hybridized carbons (Fsp3) is 0.0556. The number of fused-ring (bicyclic) bond motifs is 1. The number of hydrogen-bond donors (Lipinski definition) is 0. The molecule has 4 nitrogen and oxygen atoms in total. The van der Waals surface area contributed by atoms with Crippen LogP contribution in [0, 0.1) is 0 Å². The van der Waals surface area contributed by atoms with E-state index in [-0.39, 0.29) is 11.8 Å². The number of ketones is 1. The zero-order valence-electron chi connectivity index (χ0n) is 11.9. The number of nitrogens with zero attached hydrogens (tertiary/aromatic N) is 1. The van der Waals surface area contributed by atoms with Gasteiger partial charge < -0.3 is 4.74 Å². The van der Waals surface area contributed by atoms with Gasteiger partial charge in [0, 0.05) is 18.7 Å². The summed E-state index contributed by atoms with van der Waals surface area (Å²) < 4.78 is 5.07. The van der Waals surface area contributed by atoms with E-state index in [0.717, 1.165) is 10.8 Å². The summed E-state index contributed by atoms with van der Waals surface area (Å²) in [5.41, 5.74) is 0.977. The third-order valence-electron chi connectivity index (χ3n) is 3.26. The molecule has 0 amide bonds. The van der Waals surface area contributed by atoms with Crippen LogP contribution in [0.15, 0.2) is 60.8 Å². The summed E-state index contributed by atoms with van der Waals surface area (Å²) in [6.07, 6.45) is 1.59. The van der Waals surface area contributed by atoms with Crippen LogP contribution in [0.3, 0.4) is 0 Å². The lowest BCUT2D eigenvalue weighted by atomic mass is 9.99. The molecule has 2 aromatic carbocycles. The first-order valence-electron chi connectivity index (χ1n) is 6.82. The highest BCUT2D eigenvalue weighted by Crippen LogP contribution is 2.25. The van der Waals surface area contributed by atoms with Gasteiger partial charge in [0.2, 0.25) is 5.78 Å². The van der Waals surface area contributed by atoms with Gasteiger partial charge >= 0.3 is 5.97 Å². The summed E-state index contributed by atoms with van der Waals surface area (Å²) in [4.78, 5) is 27.7. The molecule has 0 spiro atoms. The lowest BCUT2D eigenvalue weighted by Gasteiger charge is -2.07. The number of hydrogen-bond acceptors (Lipinski definition) is 4. The predicted molar refractivity (Wildman–Crippen MR) is 82.9 cm³/mol. The zero-order valence-corrected chi connectivity index (χ0v) is 11.9. The van der Waals surface area contributed by atoms with Gasteiger partial charge in [-0.2, -0.15) is 0 Å². The van der Waals surface area contributed by atoms with Crippen molar-refractivity contribution in [3.8, 4) is 5.75 Å². The van der Waals surface area contributed by atoms with Crippen LogP contribution in [0.1, 0.15) is 23.0 Å². The number of pyridine rings is 1. The number of rotatable bonds is 3. The van der Waals surface area contributed by atoms with Crippen LogP contribution in [0.25, 0.3) is 10.8 Å². The van der Waals surface area contributed by atoms with Crippen molar-refractivity contribution >= 4 is 22.5 Å². The van der Waals surface area contributed by atoms with Crippen LogP contribution in [-0.4, -0.2) is 16.7 Å². The van der Waals surface area contributed by atoms with Crippen molar-refractivity contribution in [1.29, 1.82) is 0 Å². The van der Waals surface area contributed by atoms with Gasteiger partial charge in [-0.1, -0.05) is 24.3 Å². The molecule has 0 bridgehead atoms. The molecule has 0 atom stereocenters. The molecule has 1 aromatic heterocycles. The SMILES string of the molecule is CC(=O)Oc1ccc2c(C(=O)c3ccccn3)cccc2c1. The number of benzene rings is 2. The van der Waals surface area contributed by atoms with E-state index < -0.39 is 0 Å². The normalized spacial score (nSPS) is 10.4. The van der Waals surface area contributed by atoms with Crippen molar-refractivity contribution in [2.45, 2.75) is 6.92 Å². The number of esters is 1. The zero-order chi connectivity index (χ0) is 15.5. The quantitative estimate of drug-likeness (QED) is 0.421. The van der Waals surface area contributed by atoms with Crippen LogP contribution in [0.5, 0.6) is 5.75 Å². The molecular weight excluding hydrogens is 278 g/mol. The summed E-state index contributed by atoms with van der Waals surface area (Å²) in [7, 11) is 0. The van der Waals surface area contributed by atoms with Gasteiger partial charge in [0.1, 0.15) is 11.4 Å². The summed E-state index contributed by atoms with van der Waals surface area (Å²) in [5, 5.41) is 1.63. The first-order chi connectivity index (χ1) is 10.6. The van der Waals surface area contributed by atoms with Crippen molar-refractivity contribution in [1.82, 2.24) is 4.98 Å². The van der Waals surface area contributed by atoms with E-state index in [4.69, 9.17) is 4.74 Å². The molecule has 0 radical (unpaired) electrons. The van der Waals surface area contributed by atoms with Crippen LogP contribution in [0.2, 0.25) is 0 Å². The van der Waals surface area contributed by atoms with Gasteiger partial charge in [-0.25, -0.2) is 0 Å². The number of ether oxygens (including phenoxy) is 1. The lowest BCUT2D eigenvalue weighted by molar-refractivity contribution is -0.131. The average molecular weight is 291 g/mol. The van der Waals surface area contributed by atoms with Crippen LogP contribution < -0.4 is 4.74 Å². The number of carbonyl (C=O) groups is 2. The maximum atomic E-state index is 12.6. The minimum absolute atomic E-state index is 0.133. The van der Waals surface area contributed by atoms with E-state index in [9.17, 15) is 9.59 Å². The van der Waals surface area contributed by atoms with Crippen LogP contribution in [0.4, 0.5) is 0 Å². The number of carbonyl (C=O) groups excluding carboxylic acids is 2. The number of aromatic nitrogens is 1. The third kappa shape index (κ3) is 2.72. The molecule has 3 rings (SSSR count). The van der Waals surface area contributed by atoms with E-state index in [1.165, 1.54) is 6.92 Å². The first-order valence-corrected chi connectivity index (χ1v) is 6.82. The van der Waals surface area contributed by atoms with E-state index in [0.29, 0.717) is 17.0 Å². The fourth-order valence-corrected chi connectivity index (χ4v) is 2.32. The van der Waals surface area contributed by atoms with Crippen LogP contribution in [-0.2, 0) is 4.79 Å². The Morgan fingerprint density at radius 2 is 1.86 bits per heavy atom. The molecule has 4 heteroatoms. The van der Waals surface area contributed by atoms with Crippen LogP contribution >= 0.6 is 0 Å². The molecule has 0 aliphatic rings. The van der Waals surface area contributed by atoms with Gasteiger partial charge in [0.25, 0.3) is 0 Å². The lowest BCUT2D eigenvalue weighted by Crippen LogP contribution is -2.05. The minimum atomic E-state index is -0.375. The van der Waals surface area contributed by atoms with E-state index in [2.05, 4.69) is 4.98 Å². The maximum absolute atomic E-state index is 12.6.